The van der Waals surface area contributed by atoms with E-state index in [-0.39, 0.29) is 22.1 Å². The Labute approximate surface area is 190 Å². The van der Waals surface area contributed by atoms with Crippen LogP contribution in [0.15, 0.2) is 83.9 Å². The first-order chi connectivity index (χ1) is 15.2. The van der Waals surface area contributed by atoms with Crippen LogP contribution in [0.25, 0.3) is 22.3 Å². The Morgan fingerprint density at radius 1 is 0.906 bits per heavy atom. The number of hydrogen-bond acceptors (Lipinski definition) is 4. The Morgan fingerprint density at radius 3 is 2.16 bits per heavy atom. The lowest BCUT2D eigenvalue weighted by Gasteiger charge is -2.15. The van der Waals surface area contributed by atoms with Crippen molar-refractivity contribution in [2.75, 3.05) is 11.1 Å². The number of carbonyl (C=O) groups is 1. The molecule has 0 bridgehead atoms. The minimum Gasteiger partial charge on any atom is -0.398 e. The fourth-order valence-electron chi connectivity index (χ4n) is 3.31. The standard InChI is InChI=1S/C23H19ClN4O3S/c24-17-7-3-14(4-8-17)16-12-19(15-5-9-18(10-6-15)32(26,30)31)22(25)20(13-16)23(29)28-21-2-1-11-27-21/h1-13,27H,25H2,(H,28,29)(H2,26,30,31). The van der Waals surface area contributed by atoms with Gasteiger partial charge in [-0.15, -0.1) is 0 Å². The van der Waals surface area contributed by atoms with E-state index in [9.17, 15) is 13.2 Å². The van der Waals surface area contributed by atoms with E-state index in [4.69, 9.17) is 22.5 Å². The molecule has 6 N–H and O–H groups in total. The summed E-state index contributed by atoms with van der Waals surface area (Å²) in [6.45, 7) is 0. The van der Waals surface area contributed by atoms with Gasteiger partial charge in [0.15, 0.2) is 0 Å². The highest BCUT2D eigenvalue weighted by Gasteiger charge is 2.18. The molecule has 0 saturated heterocycles. The largest absolute Gasteiger partial charge is 0.398 e. The van der Waals surface area contributed by atoms with Gasteiger partial charge in [-0.3, -0.25) is 4.79 Å². The van der Waals surface area contributed by atoms with Gasteiger partial charge in [0.05, 0.1) is 16.1 Å². The van der Waals surface area contributed by atoms with Crippen molar-refractivity contribution in [3.63, 3.8) is 0 Å². The van der Waals surface area contributed by atoms with Crippen molar-refractivity contribution < 1.29 is 13.2 Å². The average Bonchev–Trinajstić information content (AvgIpc) is 3.27. The lowest BCUT2D eigenvalue weighted by molar-refractivity contribution is 0.102. The molecule has 0 fully saturated rings. The molecular weight excluding hydrogens is 448 g/mol. The highest BCUT2D eigenvalue weighted by molar-refractivity contribution is 7.89. The van der Waals surface area contributed by atoms with Gasteiger partial charge >= 0.3 is 0 Å². The van der Waals surface area contributed by atoms with Gasteiger partial charge in [-0.05, 0) is 65.2 Å². The van der Waals surface area contributed by atoms with Crippen LogP contribution in [-0.4, -0.2) is 19.3 Å². The Kier molecular flexibility index (Phi) is 5.75. The number of hydrogen-bond donors (Lipinski definition) is 4. The molecule has 7 nitrogen and oxygen atoms in total. The van der Waals surface area contributed by atoms with Crippen LogP contribution in [0.1, 0.15) is 10.4 Å². The lowest BCUT2D eigenvalue weighted by Crippen LogP contribution is -2.15. The molecule has 1 heterocycles. The predicted molar refractivity (Wildman–Crippen MR) is 127 cm³/mol. The topological polar surface area (TPSA) is 131 Å². The van der Waals surface area contributed by atoms with Gasteiger partial charge in [0.25, 0.3) is 5.91 Å². The number of nitrogens with two attached hydrogens (primary N) is 2. The van der Waals surface area contributed by atoms with Crippen LogP contribution in [-0.2, 0) is 10.0 Å². The predicted octanol–water partition coefficient (Wildman–Crippen LogP) is 4.48. The summed E-state index contributed by atoms with van der Waals surface area (Å²) in [6, 6.07) is 20.2. The SMILES string of the molecule is Nc1c(C(=O)Nc2ccc[nH]2)cc(-c2ccc(Cl)cc2)cc1-c1ccc(S(N)(=O)=O)cc1. The van der Waals surface area contributed by atoms with E-state index in [1.807, 2.05) is 18.2 Å². The van der Waals surface area contributed by atoms with Gasteiger partial charge in [0.1, 0.15) is 5.82 Å². The van der Waals surface area contributed by atoms with E-state index in [0.717, 1.165) is 11.1 Å². The summed E-state index contributed by atoms with van der Waals surface area (Å²) in [7, 11) is -3.83. The second-order valence-electron chi connectivity index (χ2n) is 7.10. The van der Waals surface area contributed by atoms with Crippen molar-refractivity contribution in [3.05, 3.63) is 89.6 Å². The van der Waals surface area contributed by atoms with Crippen molar-refractivity contribution in [1.29, 1.82) is 0 Å². The summed E-state index contributed by atoms with van der Waals surface area (Å²) >= 11 is 6.02. The minimum atomic E-state index is -3.83. The first-order valence-electron chi connectivity index (χ1n) is 9.50. The fraction of sp³-hybridized carbons (Fsp3) is 0. The van der Waals surface area contributed by atoms with Crippen molar-refractivity contribution in [2.45, 2.75) is 4.90 Å². The molecule has 4 rings (SSSR count). The maximum Gasteiger partial charge on any atom is 0.258 e. The number of amides is 1. The second kappa shape index (κ2) is 8.51. The van der Waals surface area contributed by atoms with Gasteiger partial charge in [-0.1, -0.05) is 35.9 Å². The zero-order valence-corrected chi connectivity index (χ0v) is 18.2. The monoisotopic (exact) mass is 466 g/mol. The van der Waals surface area contributed by atoms with E-state index in [1.54, 1.807) is 48.7 Å². The highest BCUT2D eigenvalue weighted by atomic mass is 35.5. The molecule has 3 aromatic carbocycles. The summed E-state index contributed by atoms with van der Waals surface area (Å²) in [5.74, 6) is 0.147. The molecular formula is C23H19ClN4O3S. The van der Waals surface area contributed by atoms with Crippen molar-refractivity contribution in [3.8, 4) is 22.3 Å². The van der Waals surface area contributed by atoms with Crippen LogP contribution in [0.5, 0.6) is 0 Å². The Balaban J connectivity index is 1.85. The first kappa shape index (κ1) is 21.6. The van der Waals surface area contributed by atoms with E-state index in [2.05, 4.69) is 10.3 Å². The van der Waals surface area contributed by atoms with E-state index < -0.39 is 10.0 Å². The number of aromatic amines is 1. The Bertz CT molecular complexity index is 1380. The van der Waals surface area contributed by atoms with Crippen LogP contribution >= 0.6 is 11.6 Å². The zero-order chi connectivity index (χ0) is 22.9. The molecule has 0 radical (unpaired) electrons. The van der Waals surface area contributed by atoms with Crippen molar-refractivity contribution in [2.24, 2.45) is 5.14 Å². The number of primary sulfonamides is 1. The van der Waals surface area contributed by atoms with Gasteiger partial charge in [0, 0.05) is 16.8 Å². The number of H-pyrrole nitrogens is 1. The molecule has 0 unspecified atom stereocenters. The number of nitrogens with one attached hydrogen (secondary N) is 2. The molecule has 162 valence electrons. The number of nitrogen functional groups attached to an aromatic ring is 1. The first-order valence-corrected chi connectivity index (χ1v) is 11.4. The van der Waals surface area contributed by atoms with Gasteiger partial charge in [0.2, 0.25) is 10.0 Å². The molecule has 1 amide bonds. The quantitative estimate of drug-likeness (QED) is 0.323. The number of carbonyl (C=O) groups excluding carboxylic acids is 1. The zero-order valence-electron chi connectivity index (χ0n) is 16.7. The molecule has 4 aromatic rings. The van der Waals surface area contributed by atoms with Crippen molar-refractivity contribution >= 4 is 39.0 Å². The van der Waals surface area contributed by atoms with Crippen LogP contribution < -0.4 is 16.2 Å². The molecule has 32 heavy (non-hydrogen) atoms. The molecule has 0 spiro atoms. The number of aromatic nitrogens is 1. The third-order valence-electron chi connectivity index (χ3n) is 4.94. The summed E-state index contributed by atoms with van der Waals surface area (Å²) in [5, 5.41) is 8.57. The number of halogens is 1. The summed E-state index contributed by atoms with van der Waals surface area (Å²) in [5.41, 5.74) is 9.74. The fourth-order valence-corrected chi connectivity index (χ4v) is 3.95. The van der Waals surface area contributed by atoms with Crippen LogP contribution in [0.3, 0.4) is 0 Å². The minimum absolute atomic E-state index is 0.0154. The maximum atomic E-state index is 13.0. The number of rotatable bonds is 5. The van der Waals surface area contributed by atoms with E-state index in [0.29, 0.717) is 22.0 Å². The van der Waals surface area contributed by atoms with Crippen LogP contribution in [0, 0.1) is 0 Å². The number of sulfonamides is 1. The third-order valence-corrected chi connectivity index (χ3v) is 6.12. The van der Waals surface area contributed by atoms with Crippen molar-refractivity contribution in [1.82, 2.24) is 4.98 Å². The molecule has 0 saturated carbocycles. The summed E-state index contributed by atoms with van der Waals surface area (Å²) in [4.78, 5) is 15.9. The Hall–Kier alpha value is -3.59. The van der Waals surface area contributed by atoms with Crippen LogP contribution in [0.2, 0.25) is 5.02 Å². The number of benzene rings is 3. The maximum absolute atomic E-state index is 13.0. The lowest BCUT2D eigenvalue weighted by atomic mass is 9.93. The molecule has 0 atom stereocenters. The van der Waals surface area contributed by atoms with E-state index in [1.165, 1.54) is 12.1 Å². The van der Waals surface area contributed by atoms with E-state index >= 15 is 0 Å². The smallest absolute Gasteiger partial charge is 0.258 e. The Morgan fingerprint density at radius 2 is 1.56 bits per heavy atom. The van der Waals surface area contributed by atoms with Gasteiger partial charge in [-0.2, -0.15) is 0 Å². The summed E-state index contributed by atoms with van der Waals surface area (Å²) in [6.07, 6.45) is 1.70. The highest BCUT2D eigenvalue weighted by Crippen LogP contribution is 2.35. The molecule has 0 aliphatic heterocycles. The second-order valence-corrected chi connectivity index (χ2v) is 9.10. The number of anilines is 2. The molecule has 9 heteroatoms. The molecule has 1 aromatic heterocycles. The molecule has 0 aliphatic carbocycles. The normalized spacial score (nSPS) is 11.3. The average molecular weight is 467 g/mol. The van der Waals surface area contributed by atoms with Gasteiger partial charge in [-0.25, -0.2) is 13.6 Å². The molecule has 0 aliphatic rings. The van der Waals surface area contributed by atoms with Gasteiger partial charge < -0.3 is 16.0 Å². The summed E-state index contributed by atoms with van der Waals surface area (Å²) < 4.78 is 23.2. The third kappa shape index (κ3) is 4.52. The van der Waals surface area contributed by atoms with Crippen LogP contribution in [0.4, 0.5) is 11.5 Å².